The second-order valence-corrected chi connectivity index (χ2v) is 6.02. The van der Waals surface area contributed by atoms with Gasteiger partial charge in [0.1, 0.15) is 0 Å². The molecule has 120 valence electrons. The van der Waals surface area contributed by atoms with E-state index in [2.05, 4.69) is 33.5 Å². The summed E-state index contributed by atoms with van der Waals surface area (Å²) in [6.07, 6.45) is 2.79. The quantitative estimate of drug-likeness (QED) is 0.583. The van der Waals surface area contributed by atoms with Crippen LogP contribution in [0.15, 0.2) is 42.6 Å². The molecule has 3 heterocycles. The lowest BCUT2D eigenvalue weighted by Crippen LogP contribution is -2.00. The zero-order chi connectivity index (χ0) is 16.7. The van der Waals surface area contributed by atoms with E-state index in [4.69, 9.17) is 5.10 Å². The molecule has 4 rings (SSSR count). The number of nitrogens with zero attached hydrogens (tertiary/aromatic N) is 6. The molecular formula is C18H18N6. The van der Waals surface area contributed by atoms with Crippen molar-refractivity contribution in [2.75, 3.05) is 0 Å². The second-order valence-electron chi connectivity index (χ2n) is 6.02. The molecule has 4 aromatic rings. The lowest BCUT2D eigenvalue weighted by atomic mass is 10.0. The van der Waals surface area contributed by atoms with Crippen molar-refractivity contribution >= 4 is 5.65 Å². The minimum absolute atomic E-state index is 0.775. The summed E-state index contributed by atoms with van der Waals surface area (Å²) in [7, 11) is 1.94. The molecule has 0 N–H and O–H groups in total. The Bertz CT molecular complexity index is 1010. The van der Waals surface area contributed by atoms with Gasteiger partial charge >= 0.3 is 0 Å². The highest BCUT2D eigenvalue weighted by Crippen LogP contribution is 2.25. The van der Waals surface area contributed by atoms with Crippen LogP contribution in [0, 0.1) is 13.8 Å². The van der Waals surface area contributed by atoms with Crippen LogP contribution in [0.5, 0.6) is 0 Å². The van der Waals surface area contributed by atoms with Gasteiger partial charge in [0, 0.05) is 25.2 Å². The van der Waals surface area contributed by atoms with Gasteiger partial charge < -0.3 is 0 Å². The first-order chi connectivity index (χ1) is 11.6. The minimum Gasteiger partial charge on any atom is -0.275 e. The number of aryl methyl sites for hydroxylation is 3. The summed E-state index contributed by atoms with van der Waals surface area (Å²) in [6.45, 7) is 3.94. The van der Waals surface area contributed by atoms with Crippen molar-refractivity contribution in [1.82, 2.24) is 29.6 Å². The summed E-state index contributed by atoms with van der Waals surface area (Å²) < 4.78 is 3.64. The number of hydrogen-bond donors (Lipinski definition) is 0. The van der Waals surface area contributed by atoms with Crippen molar-refractivity contribution in [2.24, 2.45) is 7.05 Å². The number of aromatic nitrogens is 6. The zero-order valence-corrected chi connectivity index (χ0v) is 13.9. The fourth-order valence-electron chi connectivity index (χ4n) is 2.93. The van der Waals surface area contributed by atoms with Gasteiger partial charge in [-0.2, -0.15) is 14.7 Å². The predicted molar refractivity (Wildman–Crippen MR) is 91.7 cm³/mol. The standard InChI is InChI=1S/C18H18N6/c1-12-9-16(22-24-13(2)19-20-18(12)24)15-11-23(3)21-17(15)10-14-7-5-4-6-8-14/h4-9,11H,10H2,1-3H3. The minimum atomic E-state index is 0.775. The van der Waals surface area contributed by atoms with Gasteiger partial charge in [-0.15, -0.1) is 10.2 Å². The van der Waals surface area contributed by atoms with Crippen molar-refractivity contribution in [3.05, 3.63) is 65.2 Å². The summed E-state index contributed by atoms with van der Waals surface area (Å²) in [5, 5.41) is 17.7. The van der Waals surface area contributed by atoms with E-state index in [0.717, 1.165) is 40.4 Å². The molecule has 0 amide bonds. The van der Waals surface area contributed by atoms with Gasteiger partial charge in [0.25, 0.3) is 0 Å². The van der Waals surface area contributed by atoms with E-state index in [-0.39, 0.29) is 0 Å². The van der Waals surface area contributed by atoms with Gasteiger partial charge in [0.2, 0.25) is 0 Å². The molecule has 0 aliphatic carbocycles. The molecule has 0 bridgehead atoms. The Balaban J connectivity index is 1.83. The van der Waals surface area contributed by atoms with Crippen molar-refractivity contribution in [3.8, 4) is 11.3 Å². The van der Waals surface area contributed by atoms with Crippen molar-refractivity contribution in [1.29, 1.82) is 0 Å². The molecule has 0 saturated carbocycles. The van der Waals surface area contributed by atoms with Crippen molar-refractivity contribution in [3.63, 3.8) is 0 Å². The van der Waals surface area contributed by atoms with E-state index in [1.807, 2.05) is 50.0 Å². The van der Waals surface area contributed by atoms with Crippen molar-refractivity contribution < 1.29 is 0 Å². The van der Waals surface area contributed by atoms with Crippen LogP contribution in [0.3, 0.4) is 0 Å². The predicted octanol–water partition coefficient (Wildman–Crippen LogP) is 2.73. The van der Waals surface area contributed by atoms with E-state index in [1.54, 1.807) is 4.52 Å². The smallest absolute Gasteiger partial charge is 0.180 e. The summed E-state index contributed by atoms with van der Waals surface area (Å²) in [5.74, 6) is 0.781. The first-order valence-corrected chi connectivity index (χ1v) is 7.88. The molecular weight excluding hydrogens is 300 g/mol. The summed E-state index contributed by atoms with van der Waals surface area (Å²) in [4.78, 5) is 0. The maximum absolute atomic E-state index is 4.72. The molecule has 3 aromatic heterocycles. The van der Waals surface area contributed by atoms with E-state index in [0.29, 0.717) is 0 Å². The molecule has 0 aliphatic heterocycles. The zero-order valence-electron chi connectivity index (χ0n) is 13.9. The number of hydrogen-bond acceptors (Lipinski definition) is 4. The molecule has 0 fully saturated rings. The topological polar surface area (TPSA) is 60.9 Å². The van der Waals surface area contributed by atoms with Crippen LogP contribution < -0.4 is 0 Å². The van der Waals surface area contributed by atoms with Gasteiger partial charge in [-0.05, 0) is 31.0 Å². The molecule has 0 aliphatic rings. The third kappa shape index (κ3) is 2.46. The number of benzene rings is 1. The molecule has 0 unspecified atom stereocenters. The Labute approximate surface area is 139 Å². The number of fused-ring (bicyclic) bond motifs is 1. The Morgan fingerprint density at radius 1 is 1.00 bits per heavy atom. The normalized spacial score (nSPS) is 11.3. The average molecular weight is 318 g/mol. The molecule has 6 heteroatoms. The van der Waals surface area contributed by atoms with Gasteiger partial charge in [0.05, 0.1) is 11.4 Å². The van der Waals surface area contributed by atoms with Crippen LogP contribution in [-0.4, -0.2) is 29.6 Å². The molecule has 0 spiro atoms. The Morgan fingerprint density at radius 3 is 2.58 bits per heavy atom. The van der Waals surface area contributed by atoms with Crippen LogP contribution in [0.25, 0.3) is 16.9 Å². The Hall–Kier alpha value is -3.02. The molecule has 0 saturated heterocycles. The molecule has 6 nitrogen and oxygen atoms in total. The van der Waals surface area contributed by atoms with E-state index >= 15 is 0 Å². The van der Waals surface area contributed by atoms with Crippen LogP contribution in [0.1, 0.15) is 22.6 Å². The van der Waals surface area contributed by atoms with E-state index in [9.17, 15) is 0 Å². The summed E-state index contributed by atoms with van der Waals surface area (Å²) >= 11 is 0. The first-order valence-electron chi connectivity index (χ1n) is 7.88. The van der Waals surface area contributed by atoms with E-state index < -0.39 is 0 Å². The number of rotatable bonds is 3. The maximum atomic E-state index is 4.72. The van der Waals surface area contributed by atoms with Crippen LogP contribution in [-0.2, 0) is 13.5 Å². The third-order valence-corrected chi connectivity index (χ3v) is 4.11. The van der Waals surface area contributed by atoms with Crippen molar-refractivity contribution in [2.45, 2.75) is 20.3 Å². The second kappa shape index (κ2) is 5.56. The SMILES string of the molecule is Cc1cc(-c2cn(C)nc2Cc2ccccc2)nn2c(C)nnc12. The Morgan fingerprint density at radius 2 is 1.79 bits per heavy atom. The highest BCUT2D eigenvalue weighted by Gasteiger charge is 2.15. The maximum Gasteiger partial charge on any atom is 0.180 e. The summed E-state index contributed by atoms with van der Waals surface area (Å²) in [5.41, 5.74) is 6.03. The van der Waals surface area contributed by atoms with Crippen LogP contribution in [0.4, 0.5) is 0 Å². The van der Waals surface area contributed by atoms with E-state index in [1.165, 1.54) is 5.56 Å². The molecule has 24 heavy (non-hydrogen) atoms. The fourth-order valence-corrected chi connectivity index (χ4v) is 2.93. The fraction of sp³-hybridized carbons (Fsp3) is 0.222. The highest BCUT2D eigenvalue weighted by atomic mass is 15.4. The monoisotopic (exact) mass is 318 g/mol. The third-order valence-electron chi connectivity index (χ3n) is 4.11. The Kier molecular flexibility index (Phi) is 3.37. The van der Waals surface area contributed by atoms with Gasteiger partial charge in [-0.3, -0.25) is 4.68 Å². The molecule has 0 atom stereocenters. The molecule has 1 aromatic carbocycles. The lowest BCUT2D eigenvalue weighted by Gasteiger charge is -2.05. The summed E-state index contributed by atoms with van der Waals surface area (Å²) in [6, 6.07) is 12.4. The van der Waals surface area contributed by atoms with Gasteiger partial charge in [0.15, 0.2) is 11.5 Å². The van der Waals surface area contributed by atoms with Gasteiger partial charge in [-0.1, -0.05) is 30.3 Å². The largest absolute Gasteiger partial charge is 0.275 e. The highest BCUT2D eigenvalue weighted by molar-refractivity contribution is 5.64. The van der Waals surface area contributed by atoms with Gasteiger partial charge in [-0.25, -0.2) is 0 Å². The molecule has 0 radical (unpaired) electrons. The van der Waals surface area contributed by atoms with Crippen LogP contribution in [0.2, 0.25) is 0 Å². The first kappa shape index (κ1) is 14.6. The van der Waals surface area contributed by atoms with Crippen LogP contribution >= 0.6 is 0 Å². The average Bonchev–Trinajstić information content (AvgIpc) is 3.12. The lowest BCUT2D eigenvalue weighted by molar-refractivity contribution is 0.749.